The first kappa shape index (κ1) is 18.0. The van der Waals surface area contributed by atoms with Crippen LogP contribution < -0.4 is 10.0 Å². The number of hydrogen-bond acceptors (Lipinski definition) is 7. The predicted molar refractivity (Wildman–Crippen MR) is 95.5 cm³/mol. The van der Waals surface area contributed by atoms with Crippen LogP contribution in [0.2, 0.25) is 0 Å². The molecule has 11 heteroatoms. The highest BCUT2D eigenvalue weighted by molar-refractivity contribution is 7.89. The average Bonchev–Trinajstić information content (AvgIpc) is 3.20. The van der Waals surface area contributed by atoms with Gasteiger partial charge in [0.2, 0.25) is 0 Å². The third-order valence-electron chi connectivity index (χ3n) is 3.58. The van der Waals surface area contributed by atoms with Crippen LogP contribution in [0.5, 0.6) is 0 Å². The van der Waals surface area contributed by atoms with E-state index in [1.165, 1.54) is 12.5 Å². The maximum absolute atomic E-state index is 12.1. The smallest absolute Gasteiger partial charge is 0.259 e. The van der Waals surface area contributed by atoms with Gasteiger partial charge in [-0.2, -0.15) is 0 Å². The normalized spacial score (nSPS) is 11.7. The molecule has 3 heterocycles. The Balaban J connectivity index is 1.62. The molecule has 10 nitrogen and oxygen atoms in total. The first-order chi connectivity index (χ1) is 12.3. The summed E-state index contributed by atoms with van der Waals surface area (Å²) in [5.74, 6) is 2.73. The number of hydrogen-bond donors (Lipinski definition) is 2. The molecule has 0 bridgehead atoms. The van der Waals surface area contributed by atoms with Gasteiger partial charge in [-0.25, -0.2) is 33.1 Å². The lowest BCUT2D eigenvalue weighted by atomic mass is 10.4. The van der Waals surface area contributed by atoms with Crippen LogP contribution in [0.25, 0.3) is 5.82 Å². The molecule has 0 atom stereocenters. The lowest BCUT2D eigenvalue weighted by molar-refractivity contribution is 0.579. The maximum atomic E-state index is 12.1. The number of anilines is 1. The van der Waals surface area contributed by atoms with Crippen molar-refractivity contribution in [2.75, 3.05) is 18.4 Å². The van der Waals surface area contributed by atoms with Crippen molar-refractivity contribution in [3.63, 3.8) is 0 Å². The fourth-order valence-corrected chi connectivity index (χ4v) is 3.37. The predicted octanol–water partition coefficient (Wildman–Crippen LogP) is 0.403. The van der Waals surface area contributed by atoms with Gasteiger partial charge in [-0.15, -0.1) is 0 Å². The summed E-state index contributed by atoms with van der Waals surface area (Å²) in [6, 6.07) is 1.79. The van der Waals surface area contributed by atoms with Crippen LogP contribution in [0.1, 0.15) is 11.6 Å². The molecule has 0 saturated heterocycles. The van der Waals surface area contributed by atoms with Crippen LogP contribution in [0.15, 0.2) is 36.0 Å². The minimum Gasteiger partial charge on any atom is -0.369 e. The molecule has 0 spiro atoms. The minimum absolute atomic E-state index is 0.00394. The van der Waals surface area contributed by atoms with Gasteiger partial charge in [-0.1, -0.05) is 0 Å². The van der Waals surface area contributed by atoms with Gasteiger partial charge in [-0.3, -0.25) is 4.57 Å². The Bertz CT molecular complexity index is 1010. The summed E-state index contributed by atoms with van der Waals surface area (Å²) in [5.41, 5.74) is 0. The van der Waals surface area contributed by atoms with Crippen LogP contribution in [-0.2, 0) is 17.1 Å². The van der Waals surface area contributed by atoms with E-state index in [9.17, 15) is 8.42 Å². The summed E-state index contributed by atoms with van der Waals surface area (Å²) in [6.07, 6.45) is 6.41. The molecular weight excluding hydrogens is 356 g/mol. The molecule has 0 unspecified atom stereocenters. The Morgan fingerprint density at radius 1 is 1.15 bits per heavy atom. The van der Waals surface area contributed by atoms with Crippen LogP contribution in [-0.4, -0.2) is 50.6 Å². The molecule has 0 aliphatic rings. The fourth-order valence-electron chi connectivity index (χ4n) is 2.36. The lowest BCUT2D eigenvalue weighted by Gasteiger charge is -2.10. The van der Waals surface area contributed by atoms with Gasteiger partial charge >= 0.3 is 0 Å². The van der Waals surface area contributed by atoms with Crippen molar-refractivity contribution >= 4 is 15.8 Å². The summed E-state index contributed by atoms with van der Waals surface area (Å²) in [6.45, 7) is 4.24. The lowest BCUT2D eigenvalue weighted by Crippen LogP contribution is -2.29. The Morgan fingerprint density at radius 2 is 1.96 bits per heavy atom. The second-order valence-corrected chi connectivity index (χ2v) is 7.42. The minimum atomic E-state index is -3.62. The summed E-state index contributed by atoms with van der Waals surface area (Å²) >= 11 is 0. The molecule has 138 valence electrons. The molecule has 2 N–H and O–H groups in total. The van der Waals surface area contributed by atoms with Crippen molar-refractivity contribution in [2.45, 2.75) is 18.9 Å². The van der Waals surface area contributed by atoms with Crippen molar-refractivity contribution in [2.24, 2.45) is 7.05 Å². The van der Waals surface area contributed by atoms with E-state index in [2.05, 4.69) is 30.0 Å². The van der Waals surface area contributed by atoms with Gasteiger partial charge in [0.05, 0.1) is 6.33 Å². The number of nitrogens with one attached hydrogen (secondary N) is 2. The molecule has 0 fully saturated rings. The van der Waals surface area contributed by atoms with E-state index in [1.54, 1.807) is 30.8 Å². The molecule has 0 aliphatic carbocycles. The first-order valence-electron chi connectivity index (χ1n) is 7.93. The van der Waals surface area contributed by atoms with Gasteiger partial charge in [0, 0.05) is 44.8 Å². The zero-order valence-electron chi connectivity index (χ0n) is 14.7. The molecule has 0 aliphatic heterocycles. The largest absolute Gasteiger partial charge is 0.369 e. The summed E-state index contributed by atoms with van der Waals surface area (Å²) in [7, 11) is -1.91. The molecular formula is C15H20N8O2S. The van der Waals surface area contributed by atoms with Gasteiger partial charge in [0.25, 0.3) is 10.0 Å². The number of aromatic nitrogens is 6. The molecule has 26 heavy (non-hydrogen) atoms. The molecule has 3 rings (SSSR count). The fraction of sp³-hybridized carbons (Fsp3) is 0.333. The zero-order valence-corrected chi connectivity index (χ0v) is 15.5. The summed E-state index contributed by atoms with van der Waals surface area (Å²) in [4.78, 5) is 16.7. The average molecular weight is 376 g/mol. The van der Waals surface area contributed by atoms with E-state index in [0.29, 0.717) is 24.0 Å². The van der Waals surface area contributed by atoms with Crippen LogP contribution in [0.4, 0.5) is 5.82 Å². The summed E-state index contributed by atoms with van der Waals surface area (Å²) < 4.78 is 30.1. The molecule has 3 aromatic rings. The first-order valence-corrected chi connectivity index (χ1v) is 9.41. The van der Waals surface area contributed by atoms with E-state index in [1.807, 2.05) is 17.7 Å². The van der Waals surface area contributed by atoms with Gasteiger partial charge in [-0.05, 0) is 13.8 Å². The van der Waals surface area contributed by atoms with E-state index < -0.39 is 10.0 Å². The van der Waals surface area contributed by atoms with E-state index >= 15 is 0 Å². The number of imidazole rings is 2. The van der Waals surface area contributed by atoms with Crippen molar-refractivity contribution in [3.05, 3.63) is 42.6 Å². The van der Waals surface area contributed by atoms with Crippen molar-refractivity contribution in [3.8, 4) is 5.82 Å². The van der Waals surface area contributed by atoms with Gasteiger partial charge in [0.1, 0.15) is 23.3 Å². The number of aryl methyl sites for hydroxylation is 3. The third-order valence-corrected chi connectivity index (χ3v) is 4.92. The van der Waals surface area contributed by atoms with E-state index in [0.717, 1.165) is 5.82 Å². The highest BCUT2D eigenvalue weighted by Gasteiger charge is 2.16. The molecule has 0 saturated carbocycles. The van der Waals surface area contributed by atoms with Crippen molar-refractivity contribution in [1.29, 1.82) is 0 Å². The third kappa shape index (κ3) is 4.06. The Morgan fingerprint density at radius 3 is 2.62 bits per heavy atom. The van der Waals surface area contributed by atoms with Gasteiger partial charge in [0.15, 0.2) is 5.03 Å². The molecule has 0 amide bonds. The highest BCUT2D eigenvalue weighted by atomic mass is 32.2. The standard InChI is InChI=1S/C15H20N8O2S/c1-11-20-13(8-14(21-11)23-7-6-16-12(23)2)17-4-5-19-26(24,25)15-9-22(3)10-18-15/h6-10,19H,4-5H2,1-3H3,(H,17,20,21). The Labute approximate surface area is 151 Å². The molecule has 0 radical (unpaired) electrons. The van der Waals surface area contributed by atoms with Crippen LogP contribution in [0, 0.1) is 13.8 Å². The number of nitrogens with zero attached hydrogens (tertiary/aromatic N) is 6. The number of sulfonamides is 1. The SMILES string of the molecule is Cc1nc(NCCNS(=O)(=O)c2cn(C)cn2)cc(-n2ccnc2C)n1. The quantitative estimate of drug-likeness (QED) is 0.573. The van der Waals surface area contributed by atoms with E-state index in [-0.39, 0.29) is 11.6 Å². The van der Waals surface area contributed by atoms with Crippen molar-refractivity contribution in [1.82, 2.24) is 33.8 Å². The summed E-state index contributed by atoms with van der Waals surface area (Å²) in [5, 5.41) is 3.10. The number of rotatable bonds is 7. The van der Waals surface area contributed by atoms with Gasteiger partial charge < -0.3 is 9.88 Å². The van der Waals surface area contributed by atoms with Crippen LogP contribution >= 0.6 is 0 Å². The second kappa shape index (κ2) is 7.22. The van der Waals surface area contributed by atoms with Crippen molar-refractivity contribution < 1.29 is 8.42 Å². The zero-order chi connectivity index (χ0) is 18.7. The second-order valence-electron chi connectivity index (χ2n) is 5.70. The highest BCUT2D eigenvalue weighted by Crippen LogP contribution is 2.12. The Kier molecular flexibility index (Phi) is 5.00. The van der Waals surface area contributed by atoms with E-state index in [4.69, 9.17) is 0 Å². The van der Waals surface area contributed by atoms with Crippen LogP contribution in [0.3, 0.4) is 0 Å². The molecule has 0 aromatic carbocycles. The Hall–Kier alpha value is -2.79. The maximum Gasteiger partial charge on any atom is 0.259 e. The molecule has 3 aromatic heterocycles. The topological polar surface area (TPSA) is 120 Å². The monoisotopic (exact) mass is 376 g/mol.